The smallest absolute Gasteiger partial charge is 0.349 e. The Morgan fingerprint density at radius 2 is 1.92 bits per heavy atom. The monoisotopic (exact) mass is 502 g/mol. The second-order valence-corrected chi connectivity index (χ2v) is 9.12. The van der Waals surface area contributed by atoms with Crippen molar-refractivity contribution >= 4 is 16.9 Å². The molecule has 0 spiro atoms. The third-order valence-electron chi connectivity index (χ3n) is 6.96. The van der Waals surface area contributed by atoms with Crippen molar-refractivity contribution in [3.63, 3.8) is 0 Å². The number of hydrogen-bond acceptors (Lipinski definition) is 6. The number of nitriles is 1. The first-order valence-corrected chi connectivity index (χ1v) is 11.6. The van der Waals surface area contributed by atoms with Gasteiger partial charge in [-0.2, -0.15) is 23.4 Å². The van der Waals surface area contributed by atoms with Crippen LogP contribution in [0.5, 0.6) is 0 Å². The van der Waals surface area contributed by atoms with Gasteiger partial charge in [0, 0.05) is 43.8 Å². The third kappa shape index (κ3) is 4.53. The number of pyridine rings is 1. The summed E-state index contributed by atoms with van der Waals surface area (Å²) in [5.41, 5.74) is -0.0839. The summed E-state index contributed by atoms with van der Waals surface area (Å²) in [7, 11) is 1.59. The molecular formula is C25H26F4N6O. The molecule has 1 saturated heterocycles. The fraction of sp³-hybridized carbons (Fsp3) is 0.440. The fourth-order valence-corrected chi connectivity index (χ4v) is 4.90. The standard InChI is InChI=1S/C25H26F4N6O/c1-5-18-13-34(15(3)19-8-6-16(10-20(19)26)25(27,28)29)14(2)12-35(18)23-22-21(33(4)24(36)32-23)9-7-17(11-30)31-22/h6-10,14-15,18H,5,12-13H2,1-4H3/t14-,15?,18+/m1/s1. The van der Waals surface area contributed by atoms with Crippen LogP contribution in [0.15, 0.2) is 35.1 Å². The number of piperazine rings is 1. The lowest BCUT2D eigenvalue weighted by Crippen LogP contribution is -2.58. The summed E-state index contributed by atoms with van der Waals surface area (Å²) in [5.74, 6) is -0.510. The van der Waals surface area contributed by atoms with E-state index >= 15 is 0 Å². The van der Waals surface area contributed by atoms with Crippen molar-refractivity contribution in [3.05, 3.63) is 63.5 Å². The predicted molar refractivity (Wildman–Crippen MR) is 127 cm³/mol. The molecule has 1 aliphatic heterocycles. The number of alkyl halides is 3. The van der Waals surface area contributed by atoms with Gasteiger partial charge in [0.2, 0.25) is 0 Å². The summed E-state index contributed by atoms with van der Waals surface area (Å²) in [5, 5.41) is 9.34. The van der Waals surface area contributed by atoms with Crippen LogP contribution in [0.25, 0.3) is 11.0 Å². The normalized spacial score (nSPS) is 19.9. The van der Waals surface area contributed by atoms with Gasteiger partial charge in [-0.15, -0.1) is 0 Å². The number of nitrogens with zero attached hydrogens (tertiary/aromatic N) is 6. The van der Waals surface area contributed by atoms with Crippen molar-refractivity contribution in [3.8, 4) is 6.07 Å². The zero-order valence-corrected chi connectivity index (χ0v) is 20.3. The zero-order chi connectivity index (χ0) is 26.4. The van der Waals surface area contributed by atoms with Gasteiger partial charge in [-0.25, -0.2) is 14.2 Å². The lowest BCUT2D eigenvalue weighted by Gasteiger charge is -2.48. The van der Waals surface area contributed by atoms with E-state index in [1.54, 1.807) is 26.1 Å². The van der Waals surface area contributed by atoms with E-state index in [0.717, 1.165) is 6.07 Å². The number of aryl methyl sites for hydroxylation is 1. The van der Waals surface area contributed by atoms with Crippen molar-refractivity contribution in [2.45, 2.75) is 51.5 Å². The van der Waals surface area contributed by atoms with E-state index in [9.17, 15) is 27.6 Å². The maximum atomic E-state index is 14.7. The second kappa shape index (κ2) is 9.50. The summed E-state index contributed by atoms with van der Waals surface area (Å²) in [6, 6.07) is 7.12. The Kier molecular flexibility index (Phi) is 6.75. The van der Waals surface area contributed by atoms with Crippen LogP contribution in [-0.2, 0) is 13.2 Å². The summed E-state index contributed by atoms with van der Waals surface area (Å²) in [6.07, 6.45) is -3.95. The molecule has 1 fully saturated rings. The number of halogens is 4. The highest BCUT2D eigenvalue weighted by Gasteiger charge is 2.37. The molecule has 3 heterocycles. The predicted octanol–water partition coefficient (Wildman–Crippen LogP) is 4.41. The average Bonchev–Trinajstić information content (AvgIpc) is 2.84. The van der Waals surface area contributed by atoms with Gasteiger partial charge in [0.15, 0.2) is 5.82 Å². The van der Waals surface area contributed by atoms with Crippen LogP contribution in [-0.4, -0.2) is 44.6 Å². The Balaban J connectivity index is 1.70. The number of hydrogen-bond donors (Lipinski definition) is 0. The first kappa shape index (κ1) is 25.6. The summed E-state index contributed by atoms with van der Waals surface area (Å²) < 4.78 is 55.1. The van der Waals surface area contributed by atoms with E-state index in [1.165, 1.54) is 10.6 Å². The van der Waals surface area contributed by atoms with Gasteiger partial charge in [0.05, 0.1) is 11.1 Å². The van der Waals surface area contributed by atoms with Gasteiger partial charge in [-0.1, -0.05) is 13.0 Å². The molecule has 11 heteroatoms. The van der Waals surface area contributed by atoms with Crippen molar-refractivity contribution in [2.75, 3.05) is 18.0 Å². The highest BCUT2D eigenvalue weighted by atomic mass is 19.4. The van der Waals surface area contributed by atoms with E-state index in [1.807, 2.05) is 29.7 Å². The molecular weight excluding hydrogens is 476 g/mol. The number of anilines is 1. The summed E-state index contributed by atoms with van der Waals surface area (Å²) >= 11 is 0. The quantitative estimate of drug-likeness (QED) is 0.492. The van der Waals surface area contributed by atoms with E-state index < -0.39 is 29.3 Å². The summed E-state index contributed by atoms with van der Waals surface area (Å²) in [4.78, 5) is 25.4. The van der Waals surface area contributed by atoms with E-state index in [2.05, 4.69) is 9.97 Å². The maximum absolute atomic E-state index is 14.7. The number of aromatic nitrogens is 3. The van der Waals surface area contributed by atoms with Gasteiger partial charge in [0.25, 0.3) is 0 Å². The number of fused-ring (bicyclic) bond motifs is 1. The molecule has 7 nitrogen and oxygen atoms in total. The van der Waals surface area contributed by atoms with Crippen LogP contribution in [0.2, 0.25) is 0 Å². The van der Waals surface area contributed by atoms with Crippen LogP contribution in [0, 0.1) is 17.1 Å². The molecule has 0 saturated carbocycles. The molecule has 36 heavy (non-hydrogen) atoms. The maximum Gasteiger partial charge on any atom is 0.416 e. The highest BCUT2D eigenvalue weighted by molar-refractivity contribution is 5.86. The first-order chi connectivity index (χ1) is 17.0. The highest BCUT2D eigenvalue weighted by Crippen LogP contribution is 2.35. The van der Waals surface area contributed by atoms with E-state index in [0.29, 0.717) is 42.4 Å². The first-order valence-electron chi connectivity index (χ1n) is 11.6. The van der Waals surface area contributed by atoms with Crippen LogP contribution in [0.4, 0.5) is 23.4 Å². The molecule has 0 aliphatic carbocycles. The Bertz CT molecular complexity index is 1400. The molecule has 0 amide bonds. The zero-order valence-electron chi connectivity index (χ0n) is 20.3. The molecule has 2 aromatic heterocycles. The van der Waals surface area contributed by atoms with Gasteiger partial charge in [0.1, 0.15) is 23.1 Å². The van der Waals surface area contributed by atoms with Crippen molar-refractivity contribution in [1.82, 2.24) is 19.4 Å². The van der Waals surface area contributed by atoms with Crippen molar-refractivity contribution < 1.29 is 17.6 Å². The van der Waals surface area contributed by atoms with Crippen molar-refractivity contribution in [2.24, 2.45) is 7.05 Å². The molecule has 0 N–H and O–H groups in total. The van der Waals surface area contributed by atoms with E-state index in [-0.39, 0.29) is 23.3 Å². The van der Waals surface area contributed by atoms with Crippen LogP contribution >= 0.6 is 0 Å². The third-order valence-corrected chi connectivity index (χ3v) is 6.96. The van der Waals surface area contributed by atoms with Gasteiger partial charge < -0.3 is 4.90 Å². The minimum Gasteiger partial charge on any atom is -0.349 e. The van der Waals surface area contributed by atoms with Gasteiger partial charge >= 0.3 is 11.9 Å². The lowest BCUT2D eigenvalue weighted by atomic mass is 9.98. The van der Waals surface area contributed by atoms with Gasteiger partial charge in [-0.3, -0.25) is 9.47 Å². The van der Waals surface area contributed by atoms with E-state index in [4.69, 9.17) is 0 Å². The topological polar surface area (TPSA) is 78.0 Å². The molecule has 0 radical (unpaired) electrons. The molecule has 1 unspecified atom stereocenters. The SMILES string of the molecule is CC[C@H]1CN(C(C)c2ccc(C(F)(F)F)cc2F)[C@H](C)CN1c1nc(=O)n(C)c2ccc(C#N)nc12. The minimum atomic E-state index is -4.61. The Morgan fingerprint density at radius 3 is 2.53 bits per heavy atom. The Labute approximate surface area is 205 Å². The largest absolute Gasteiger partial charge is 0.416 e. The lowest BCUT2D eigenvalue weighted by molar-refractivity contribution is -0.137. The molecule has 4 rings (SSSR count). The molecule has 0 bridgehead atoms. The minimum absolute atomic E-state index is 0.128. The Hall–Kier alpha value is -3.52. The number of rotatable bonds is 4. The summed E-state index contributed by atoms with van der Waals surface area (Å²) in [6.45, 7) is 6.59. The molecule has 3 aromatic rings. The Morgan fingerprint density at radius 1 is 1.19 bits per heavy atom. The van der Waals surface area contributed by atoms with Crippen LogP contribution < -0.4 is 10.6 Å². The van der Waals surface area contributed by atoms with Crippen LogP contribution in [0.3, 0.4) is 0 Å². The average molecular weight is 503 g/mol. The molecule has 3 atom stereocenters. The van der Waals surface area contributed by atoms with Crippen LogP contribution in [0.1, 0.15) is 50.1 Å². The molecule has 190 valence electrons. The second-order valence-electron chi connectivity index (χ2n) is 9.12. The fourth-order valence-electron chi connectivity index (χ4n) is 4.90. The van der Waals surface area contributed by atoms with Gasteiger partial charge in [-0.05, 0) is 44.5 Å². The van der Waals surface area contributed by atoms with Crippen molar-refractivity contribution in [1.29, 1.82) is 5.26 Å². The number of benzene rings is 1. The molecule has 1 aliphatic rings. The molecule has 1 aromatic carbocycles.